The number of hydrogen-bond acceptors (Lipinski definition) is 7. The van der Waals surface area contributed by atoms with Gasteiger partial charge in [0.2, 0.25) is 0 Å². The lowest BCUT2D eigenvalue weighted by Gasteiger charge is -2.39. The van der Waals surface area contributed by atoms with Crippen LogP contribution in [0.3, 0.4) is 0 Å². The third-order valence-electron chi connectivity index (χ3n) is 5.37. The van der Waals surface area contributed by atoms with E-state index in [1.54, 1.807) is 6.07 Å². The fraction of sp³-hybridized carbons (Fsp3) is 0.333. The summed E-state index contributed by atoms with van der Waals surface area (Å²) in [5.74, 6) is 0.123. The first-order valence-electron chi connectivity index (χ1n) is 10.1. The summed E-state index contributed by atoms with van der Waals surface area (Å²) in [6.45, 7) is -0.587. The molecule has 1 aliphatic heterocycles. The van der Waals surface area contributed by atoms with Crippen molar-refractivity contribution in [1.82, 2.24) is 9.97 Å². The lowest BCUT2D eigenvalue weighted by Crippen LogP contribution is -2.55. The molecule has 0 bridgehead atoms. The van der Waals surface area contributed by atoms with Gasteiger partial charge in [-0.2, -0.15) is 13.2 Å². The van der Waals surface area contributed by atoms with E-state index in [1.165, 1.54) is 24.3 Å². The van der Waals surface area contributed by atoms with Crippen molar-refractivity contribution < 1.29 is 43.1 Å². The van der Waals surface area contributed by atoms with Gasteiger partial charge in [0, 0.05) is 11.4 Å². The summed E-state index contributed by atoms with van der Waals surface area (Å²) in [4.78, 5) is 19.4. The van der Waals surface area contributed by atoms with Gasteiger partial charge in [-0.25, -0.2) is 9.78 Å². The van der Waals surface area contributed by atoms with Gasteiger partial charge >= 0.3 is 12.2 Å². The average Bonchev–Trinajstić information content (AvgIpc) is 3.20. The molecule has 1 fully saturated rings. The van der Waals surface area contributed by atoms with Crippen molar-refractivity contribution in [2.45, 2.75) is 36.7 Å². The van der Waals surface area contributed by atoms with Crippen molar-refractivity contribution in [1.29, 1.82) is 0 Å². The van der Waals surface area contributed by atoms with E-state index in [1.807, 2.05) is 0 Å². The predicted octanol–water partition coefficient (Wildman–Crippen LogP) is 1.74. The Kier molecular flexibility index (Phi) is 6.47. The highest BCUT2D eigenvalue weighted by Gasteiger charge is 2.45. The van der Waals surface area contributed by atoms with E-state index in [4.69, 9.17) is 4.74 Å². The number of ether oxygens (including phenoxy) is 1. The molecule has 13 heteroatoms. The summed E-state index contributed by atoms with van der Waals surface area (Å²) in [6, 6.07) is 7.97. The van der Waals surface area contributed by atoms with Gasteiger partial charge in [0.05, 0.1) is 23.2 Å². The lowest BCUT2D eigenvalue weighted by atomic mass is 9.95. The molecule has 0 aliphatic carbocycles. The van der Waals surface area contributed by atoms with E-state index in [9.17, 15) is 38.4 Å². The van der Waals surface area contributed by atoms with Gasteiger partial charge in [-0.1, -0.05) is 6.07 Å². The van der Waals surface area contributed by atoms with Crippen molar-refractivity contribution in [3.8, 4) is 0 Å². The summed E-state index contributed by atoms with van der Waals surface area (Å²) in [6.07, 6.45) is -11.4. The first-order valence-corrected chi connectivity index (χ1v) is 10.1. The maximum atomic E-state index is 12.8. The maximum Gasteiger partial charge on any atom is 0.416 e. The van der Waals surface area contributed by atoms with Gasteiger partial charge < -0.3 is 40.8 Å². The highest BCUT2D eigenvalue weighted by molar-refractivity contribution is 6.00. The van der Waals surface area contributed by atoms with Gasteiger partial charge in [0.1, 0.15) is 36.3 Å². The highest BCUT2D eigenvalue weighted by Crippen LogP contribution is 2.33. The molecule has 182 valence electrons. The van der Waals surface area contributed by atoms with E-state index >= 15 is 0 Å². The number of urea groups is 1. The smallest absolute Gasteiger partial charge is 0.394 e. The molecule has 0 spiro atoms. The Hall–Kier alpha value is -3.23. The number of imidazole rings is 1. The number of hydrogen-bond donors (Lipinski definition) is 7. The van der Waals surface area contributed by atoms with Gasteiger partial charge in [-0.15, -0.1) is 0 Å². The topological polar surface area (TPSA) is 160 Å². The molecule has 0 saturated carbocycles. The zero-order chi connectivity index (χ0) is 24.6. The zero-order valence-corrected chi connectivity index (χ0v) is 17.3. The molecule has 3 aromatic rings. The first-order chi connectivity index (χ1) is 16.1. The number of fused-ring (bicyclic) bond motifs is 1. The Morgan fingerprint density at radius 1 is 1.03 bits per heavy atom. The first kappa shape index (κ1) is 23.9. The molecule has 2 amide bonds. The van der Waals surface area contributed by atoms with Gasteiger partial charge in [-0.3, -0.25) is 0 Å². The minimum Gasteiger partial charge on any atom is -0.394 e. The van der Waals surface area contributed by atoms with Crippen molar-refractivity contribution in [3.05, 3.63) is 53.9 Å². The molecule has 1 saturated heterocycles. The predicted molar refractivity (Wildman–Crippen MR) is 113 cm³/mol. The number of carbonyl (C=O) groups excluding carboxylic acids is 1. The minimum atomic E-state index is -4.54. The fourth-order valence-corrected chi connectivity index (χ4v) is 3.64. The number of H-pyrrole nitrogens is 1. The van der Waals surface area contributed by atoms with E-state index in [2.05, 4.69) is 20.6 Å². The number of aromatic amines is 1. The molecule has 1 aromatic heterocycles. The lowest BCUT2D eigenvalue weighted by molar-refractivity contribution is -0.233. The van der Waals surface area contributed by atoms with Crippen LogP contribution in [0.15, 0.2) is 42.5 Å². The van der Waals surface area contributed by atoms with Gasteiger partial charge in [0.15, 0.2) is 0 Å². The molecule has 10 nitrogen and oxygen atoms in total. The summed E-state index contributed by atoms with van der Waals surface area (Å²) < 4.78 is 44.0. The van der Waals surface area contributed by atoms with Crippen LogP contribution in [-0.4, -0.2) is 67.4 Å². The number of halogens is 3. The third kappa shape index (κ3) is 4.83. The molecule has 5 atom stereocenters. The van der Waals surface area contributed by atoms with Crippen LogP contribution in [-0.2, 0) is 10.9 Å². The Labute approximate surface area is 190 Å². The average molecular weight is 482 g/mol. The molecule has 34 heavy (non-hydrogen) atoms. The summed E-state index contributed by atoms with van der Waals surface area (Å²) >= 11 is 0. The summed E-state index contributed by atoms with van der Waals surface area (Å²) in [7, 11) is 0. The Morgan fingerprint density at radius 2 is 1.74 bits per heavy atom. The number of carbonyl (C=O) groups is 1. The normalized spacial score (nSPS) is 25.3. The largest absolute Gasteiger partial charge is 0.416 e. The number of aromatic nitrogens is 2. The van der Waals surface area contributed by atoms with Crippen molar-refractivity contribution in [2.75, 3.05) is 17.2 Å². The Balaban J connectivity index is 1.49. The quantitative estimate of drug-likeness (QED) is 0.298. The monoisotopic (exact) mass is 482 g/mol. The van der Waals surface area contributed by atoms with Crippen LogP contribution in [0, 0.1) is 0 Å². The highest BCUT2D eigenvalue weighted by atomic mass is 19.4. The van der Waals surface area contributed by atoms with Gasteiger partial charge in [-0.05, 0) is 36.4 Å². The second-order valence-electron chi connectivity index (χ2n) is 7.76. The standard InChI is InChI=1S/C21H21F3N4O6/c22-21(23,24)9-2-1-3-10(6-9)25-20(33)26-11-4-5-12-13(7-11)28-19(27-12)18-17(32)16(31)15(30)14(8-29)34-18/h1-7,14-18,29-32H,8H2,(H,27,28)(H2,25,26,33)/t14-,15-,16+,17-,18-/m1/s1. The maximum absolute atomic E-state index is 12.8. The molecule has 4 rings (SSSR count). The van der Waals surface area contributed by atoms with Crippen LogP contribution in [0.25, 0.3) is 11.0 Å². The van der Waals surface area contributed by atoms with Crippen molar-refractivity contribution in [2.24, 2.45) is 0 Å². The molecule has 7 N–H and O–H groups in total. The molecule has 2 aromatic carbocycles. The van der Waals surface area contributed by atoms with Crippen LogP contribution < -0.4 is 10.6 Å². The molecule has 0 radical (unpaired) electrons. The number of benzene rings is 2. The molecule has 0 unspecified atom stereocenters. The molecular weight excluding hydrogens is 461 g/mol. The third-order valence-corrected chi connectivity index (χ3v) is 5.37. The number of anilines is 2. The second kappa shape index (κ2) is 9.19. The SMILES string of the molecule is O=C(Nc1cccc(C(F)(F)F)c1)Nc1ccc2nc([C@@H]3O[C@H](CO)[C@@H](O)[C@H](O)[C@H]3O)[nH]c2c1. The van der Waals surface area contributed by atoms with Gasteiger partial charge in [0.25, 0.3) is 0 Å². The van der Waals surface area contributed by atoms with Crippen LogP contribution in [0.1, 0.15) is 17.5 Å². The zero-order valence-electron chi connectivity index (χ0n) is 17.3. The van der Waals surface area contributed by atoms with E-state index < -0.39 is 54.9 Å². The number of alkyl halides is 3. The van der Waals surface area contributed by atoms with Crippen LogP contribution in [0.5, 0.6) is 0 Å². The summed E-state index contributed by atoms with van der Waals surface area (Å²) in [5.41, 5.74) is 0.199. The summed E-state index contributed by atoms with van der Waals surface area (Å²) in [5, 5.41) is 44.3. The molecule has 1 aliphatic rings. The number of nitrogens with zero attached hydrogens (tertiary/aromatic N) is 1. The van der Waals surface area contributed by atoms with E-state index in [0.717, 1.165) is 12.1 Å². The Bertz CT molecular complexity index is 1180. The Morgan fingerprint density at radius 3 is 2.41 bits per heavy atom. The molecule has 2 heterocycles. The van der Waals surface area contributed by atoms with E-state index in [0.29, 0.717) is 16.7 Å². The second-order valence-corrected chi connectivity index (χ2v) is 7.76. The minimum absolute atomic E-state index is 0.0418. The fourth-order valence-electron chi connectivity index (χ4n) is 3.64. The number of aliphatic hydroxyl groups excluding tert-OH is 4. The van der Waals surface area contributed by atoms with Crippen LogP contribution in [0.2, 0.25) is 0 Å². The van der Waals surface area contributed by atoms with Crippen molar-refractivity contribution in [3.63, 3.8) is 0 Å². The number of amides is 2. The van der Waals surface area contributed by atoms with Crippen LogP contribution >= 0.6 is 0 Å². The number of nitrogens with one attached hydrogen (secondary N) is 3. The molecular formula is C21H21F3N4O6. The van der Waals surface area contributed by atoms with E-state index in [-0.39, 0.29) is 11.5 Å². The number of aliphatic hydroxyl groups is 4. The van der Waals surface area contributed by atoms with Crippen molar-refractivity contribution >= 4 is 28.4 Å². The van der Waals surface area contributed by atoms with Crippen LogP contribution in [0.4, 0.5) is 29.3 Å². The number of rotatable bonds is 4.